The maximum atomic E-state index is 13.1. The highest BCUT2D eigenvalue weighted by Crippen LogP contribution is 2.45. The average Bonchev–Trinajstić information content (AvgIpc) is 0.922. The van der Waals surface area contributed by atoms with Crippen molar-refractivity contribution >= 4 is 39.5 Å². The number of esters is 4. The number of carbonyl (C=O) groups excluding carboxylic acids is 4. The lowest BCUT2D eigenvalue weighted by Crippen LogP contribution is -2.30. The van der Waals surface area contributed by atoms with Gasteiger partial charge in [0.1, 0.15) is 19.3 Å². The van der Waals surface area contributed by atoms with Crippen LogP contribution in [-0.2, 0) is 65.4 Å². The number of phosphoric acid groups is 2. The third kappa shape index (κ3) is 73.6. The molecule has 0 saturated carbocycles. The van der Waals surface area contributed by atoms with E-state index in [1.807, 2.05) is 0 Å². The van der Waals surface area contributed by atoms with Gasteiger partial charge in [-0.3, -0.25) is 37.3 Å². The van der Waals surface area contributed by atoms with Gasteiger partial charge in [0.2, 0.25) is 0 Å². The van der Waals surface area contributed by atoms with Gasteiger partial charge in [0.25, 0.3) is 0 Å². The molecule has 0 aromatic heterocycles. The number of unbranched alkanes of at least 4 members (excludes halogenated alkanes) is 50. The second-order valence-corrected chi connectivity index (χ2v) is 33.3. The highest BCUT2D eigenvalue weighted by molar-refractivity contribution is 7.47. The first-order valence-electron chi connectivity index (χ1n) is 43.1. The van der Waals surface area contributed by atoms with Crippen LogP contribution in [0, 0.1) is 11.8 Å². The zero-order chi connectivity index (χ0) is 74.9. The summed E-state index contributed by atoms with van der Waals surface area (Å²) in [4.78, 5) is 73.1. The molecule has 0 fully saturated rings. The van der Waals surface area contributed by atoms with E-state index in [0.29, 0.717) is 25.7 Å². The van der Waals surface area contributed by atoms with Crippen LogP contribution in [0.4, 0.5) is 0 Å². The van der Waals surface area contributed by atoms with E-state index in [1.165, 1.54) is 250 Å². The summed E-state index contributed by atoms with van der Waals surface area (Å²) in [6.07, 6.45) is 65.2. The molecule has 0 spiro atoms. The highest BCUT2D eigenvalue weighted by atomic mass is 31.2. The van der Waals surface area contributed by atoms with E-state index in [4.69, 9.17) is 37.0 Å². The molecule has 3 N–H and O–H groups in total. The third-order valence-corrected chi connectivity index (χ3v) is 22.1. The van der Waals surface area contributed by atoms with Gasteiger partial charge in [0.05, 0.1) is 26.4 Å². The zero-order valence-electron chi connectivity index (χ0n) is 66.9. The van der Waals surface area contributed by atoms with Crippen molar-refractivity contribution in [3.05, 3.63) is 0 Å². The maximum absolute atomic E-state index is 13.1. The van der Waals surface area contributed by atoms with Crippen LogP contribution in [0.15, 0.2) is 0 Å². The number of ether oxygens (including phenoxy) is 4. The minimum absolute atomic E-state index is 0.107. The predicted molar refractivity (Wildman–Crippen MR) is 418 cm³/mol. The first-order valence-corrected chi connectivity index (χ1v) is 46.1. The van der Waals surface area contributed by atoms with Crippen LogP contribution in [0.2, 0.25) is 0 Å². The fourth-order valence-corrected chi connectivity index (χ4v) is 14.4. The summed E-state index contributed by atoms with van der Waals surface area (Å²) in [6, 6.07) is 0. The van der Waals surface area contributed by atoms with Gasteiger partial charge in [0, 0.05) is 25.7 Å². The number of phosphoric ester groups is 2. The summed E-state index contributed by atoms with van der Waals surface area (Å²) in [5, 5.41) is 10.7. The first kappa shape index (κ1) is 100. The van der Waals surface area contributed by atoms with Gasteiger partial charge in [0.15, 0.2) is 12.2 Å². The van der Waals surface area contributed by atoms with E-state index in [-0.39, 0.29) is 25.7 Å². The summed E-state index contributed by atoms with van der Waals surface area (Å²) in [5.74, 6) is -0.525. The summed E-state index contributed by atoms with van der Waals surface area (Å²) in [7, 11) is -9.92. The van der Waals surface area contributed by atoms with Crippen molar-refractivity contribution in [3.8, 4) is 0 Å². The average molecular weight is 1490 g/mol. The Hall–Kier alpha value is -1.94. The lowest BCUT2D eigenvalue weighted by molar-refractivity contribution is -0.161. The Kier molecular flexibility index (Phi) is 73.1. The summed E-state index contributed by atoms with van der Waals surface area (Å²) >= 11 is 0. The van der Waals surface area contributed by atoms with Crippen LogP contribution in [-0.4, -0.2) is 96.7 Å². The molecule has 606 valence electrons. The molecule has 17 nitrogen and oxygen atoms in total. The Balaban J connectivity index is 5.24. The van der Waals surface area contributed by atoms with Crippen molar-refractivity contribution in [1.82, 2.24) is 0 Å². The van der Waals surface area contributed by atoms with Gasteiger partial charge in [-0.2, -0.15) is 0 Å². The normalized spacial score (nSPS) is 14.4. The molecule has 0 amide bonds. The van der Waals surface area contributed by atoms with Gasteiger partial charge in [-0.15, -0.1) is 0 Å². The van der Waals surface area contributed by atoms with Gasteiger partial charge < -0.3 is 33.8 Å². The molecule has 0 aromatic carbocycles. The Morgan fingerprint density at radius 1 is 0.275 bits per heavy atom. The van der Waals surface area contributed by atoms with Crippen molar-refractivity contribution in [2.75, 3.05) is 39.6 Å². The summed E-state index contributed by atoms with van der Waals surface area (Å²) < 4.78 is 68.8. The predicted octanol–water partition coefficient (Wildman–Crippen LogP) is 25.1. The van der Waals surface area contributed by atoms with Crippen molar-refractivity contribution in [1.29, 1.82) is 0 Å². The van der Waals surface area contributed by atoms with Gasteiger partial charge in [-0.25, -0.2) is 9.13 Å². The molecule has 0 bridgehead atoms. The van der Waals surface area contributed by atoms with E-state index >= 15 is 0 Å². The highest BCUT2D eigenvalue weighted by Gasteiger charge is 2.30. The molecule has 0 rings (SSSR count). The maximum Gasteiger partial charge on any atom is 0.472 e. The molecular weight excluding hydrogens is 1330 g/mol. The lowest BCUT2D eigenvalue weighted by Gasteiger charge is -2.21. The number of aliphatic hydroxyl groups is 1. The van der Waals surface area contributed by atoms with E-state index in [2.05, 4.69) is 41.5 Å². The Morgan fingerprint density at radius 2 is 0.471 bits per heavy atom. The SMILES string of the molecule is CCCCCCCCCCCCCCCCCCCCCC(=O)O[C@H](COC(=O)CCCCCCCCCCCCCCCCC(C)CC)COP(=O)(O)OC[C@@H](O)COP(=O)(O)OC[C@@H](COC(=O)CCCCCCCCC(C)CC)OC(=O)CCCCCCCCCCCCCCCCC. The minimum atomic E-state index is -4.96. The van der Waals surface area contributed by atoms with Crippen molar-refractivity contribution in [3.63, 3.8) is 0 Å². The van der Waals surface area contributed by atoms with Gasteiger partial charge >= 0.3 is 39.5 Å². The summed E-state index contributed by atoms with van der Waals surface area (Å²) in [6.45, 7) is 9.67. The molecule has 0 heterocycles. The first-order chi connectivity index (χ1) is 49.4. The van der Waals surface area contributed by atoms with E-state index in [1.54, 1.807) is 0 Å². The second-order valence-electron chi connectivity index (χ2n) is 30.4. The molecule has 0 aliphatic heterocycles. The second kappa shape index (κ2) is 74.5. The van der Waals surface area contributed by atoms with Crippen LogP contribution < -0.4 is 0 Å². The molecule has 0 radical (unpaired) electrons. The molecule has 4 unspecified atom stereocenters. The molecule has 19 heteroatoms. The topological polar surface area (TPSA) is 237 Å². The number of rotatable bonds is 82. The quantitative estimate of drug-likeness (QED) is 0.0222. The van der Waals surface area contributed by atoms with Gasteiger partial charge in [-0.05, 0) is 37.5 Å². The Bertz CT molecular complexity index is 1960. The number of hydrogen-bond donors (Lipinski definition) is 3. The smallest absolute Gasteiger partial charge is 0.462 e. The molecular formula is C83H162O17P2. The van der Waals surface area contributed by atoms with Crippen molar-refractivity contribution < 1.29 is 80.2 Å². The fourth-order valence-electron chi connectivity index (χ4n) is 12.8. The van der Waals surface area contributed by atoms with Crippen LogP contribution in [0.5, 0.6) is 0 Å². The van der Waals surface area contributed by atoms with Crippen LogP contribution in [0.25, 0.3) is 0 Å². The fraction of sp³-hybridized carbons (Fsp3) is 0.952. The van der Waals surface area contributed by atoms with Crippen LogP contribution in [0.3, 0.4) is 0 Å². The minimum Gasteiger partial charge on any atom is -0.462 e. The largest absolute Gasteiger partial charge is 0.472 e. The molecule has 0 saturated heterocycles. The van der Waals surface area contributed by atoms with E-state index in [0.717, 1.165) is 108 Å². The van der Waals surface area contributed by atoms with E-state index < -0.39 is 97.5 Å². The van der Waals surface area contributed by atoms with Crippen LogP contribution >= 0.6 is 15.6 Å². The molecule has 0 aliphatic carbocycles. The molecule has 7 atom stereocenters. The number of hydrogen-bond acceptors (Lipinski definition) is 15. The summed E-state index contributed by atoms with van der Waals surface area (Å²) in [5.41, 5.74) is 0. The lowest BCUT2D eigenvalue weighted by atomic mass is 9.99. The Morgan fingerprint density at radius 3 is 0.696 bits per heavy atom. The van der Waals surface area contributed by atoms with Crippen molar-refractivity contribution in [2.24, 2.45) is 11.8 Å². The molecule has 0 aliphatic rings. The monoisotopic (exact) mass is 1490 g/mol. The van der Waals surface area contributed by atoms with Crippen molar-refractivity contribution in [2.45, 2.75) is 458 Å². The standard InChI is InChI=1S/C83H162O17P2/c1-7-11-13-15-17-19-21-23-25-26-27-28-30-36-40-44-48-56-62-67-82(87)99-78(71-93-80(85)65-59-53-46-42-38-34-32-31-33-37-41-45-51-57-63-75(5)9-3)73-97-101(89,90)95-69-77(84)70-96-102(91,92)98-74-79(72-94-81(86)66-60-54-50-49-52-58-64-76(6)10-4)100-83(88)68-61-55-47-43-39-35-29-24-22-20-18-16-14-12-8-2/h75-79,84H,7-74H2,1-6H3,(H,89,90)(H,91,92)/t75?,76?,77-,78-,79-/m1/s1. The molecule has 0 aromatic rings. The van der Waals surface area contributed by atoms with Crippen LogP contribution in [0.1, 0.15) is 440 Å². The molecule has 102 heavy (non-hydrogen) atoms. The Labute approximate surface area is 626 Å². The number of carbonyl (C=O) groups is 4. The number of aliphatic hydroxyl groups excluding tert-OH is 1. The van der Waals surface area contributed by atoms with Gasteiger partial charge in [-0.1, -0.05) is 388 Å². The van der Waals surface area contributed by atoms with E-state index in [9.17, 15) is 43.2 Å². The zero-order valence-corrected chi connectivity index (χ0v) is 68.7. The third-order valence-electron chi connectivity index (χ3n) is 20.2.